The number of nitrogens with zero attached hydrogens (tertiary/aromatic N) is 1. The highest BCUT2D eigenvalue weighted by molar-refractivity contribution is 6.50. The summed E-state index contributed by atoms with van der Waals surface area (Å²) in [5.41, 5.74) is 0. The zero-order chi connectivity index (χ0) is 12.3. The summed E-state index contributed by atoms with van der Waals surface area (Å²) in [5, 5.41) is 0. The van der Waals surface area contributed by atoms with Crippen LogP contribution in [-0.2, 0) is 9.22 Å². The van der Waals surface area contributed by atoms with Crippen LogP contribution in [0.25, 0.3) is 0 Å². The molecule has 0 aliphatic carbocycles. The average Bonchev–Trinajstić information content (AvgIpc) is 2.03. The van der Waals surface area contributed by atoms with Crippen molar-refractivity contribution in [1.29, 1.82) is 0 Å². The van der Waals surface area contributed by atoms with E-state index in [1.807, 2.05) is 13.1 Å². The van der Waals surface area contributed by atoms with Gasteiger partial charge in [0.15, 0.2) is 0 Å². The second-order valence-corrected chi connectivity index (χ2v) is 6.29. The van der Waals surface area contributed by atoms with Crippen molar-refractivity contribution >= 4 is 15.0 Å². The molecule has 0 aromatic heterocycles. The van der Waals surface area contributed by atoms with E-state index in [2.05, 4.69) is 25.8 Å². The lowest BCUT2D eigenvalue weighted by Gasteiger charge is -2.12. The quantitative estimate of drug-likeness (QED) is 0.682. The third kappa shape index (κ3) is 19.9. The highest BCUT2D eigenvalue weighted by Gasteiger charge is 1.96. The van der Waals surface area contributed by atoms with E-state index >= 15 is 0 Å². The Kier molecular flexibility index (Phi) is 13.3. The summed E-state index contributed by atoms with van der Waals surface area (Å²) in [6.07, 6.45) is 2.55. The first-order chi connectivity index (χ1) is 6.93. The van der Waals surface area contributed by atoms with E-state index in [0.29, 0.717) is 0 Å². The van der Waals surface area contributed by atoms with Gasteiger partial charge in [-0.15, -0.1) is 0 Å². The summed E-state index contributed by atoms with van der Waals surface area (Å²) in [6, 6.07) is 0. The smallest absolute Gasteiger partial charge is 0.289 e. The van der Waals surface area contributed by atoms with Gasteiger partial charge in [-0.3, -0.25) is 4.79 Å². The van der Waals surface area contributed by atoms with Crippen LogP contribution in [0.2, 0.25) is 13.1 Å². The Bertz CT molecular complexity index is 146. The minimum Gasteiger partial charge on any atom is -0.523 e. The summed E-state index contributed by atoms with van der Waals surface area (Å²) in [5.74, 6) is -0.151. The summed E-state index contributed by atoms with van der Waals surface area (Å²) in [4.78, 5) is 12.4. The van der Waals surface area contributed by atoms with Crippen molar-refractivity contribution in [3.8, 4) is 0 Å². The maximum atomic E-state index is 10.1. The van der Waals surface area contributed by atoms with Crippen molar-refractivity contribution < 1.29 is 9.22 Å². The molecule has 0 saturated carbocycles. The van der Waals surface area contributed by atoms with Crippen molar-refractivity contribution in [2.24, 2.45) is 0 Å². The van der Waals surface area contributed by atoms with Crippen molar-refractivity contribution in [3.63, 3.8) is 0 Å². The Morgan fingerprint density at radius 2 is 1.60 bits per heavy atom. The molecule has 4 heteroatoms. The fourth-order valence-corrected chi connectivity index (χ4v) is 1.87. The Balaban J connectivity index is 0. The molecule has 3 nitrogen and oxygen atoms in total. The summed E-state index contributed by atoms with van der Waals surface area (Å²) in [6.45, 7) is 12.3. The molecule has 0 bridgehead atoms. The maximum absolute atomic E-state index is 10.1. The molecule has 15 heavy (non-hydrogen) atoms. The van der Waals surface area contributed by atoms with E-state index < -0.39 is 9.04 Å². The first kappa shape index (κ1) is 17.1. The molecule has 0 saturated heterocycles. The van der Waals surface area contributed by atoms with E-state index in [1.165, 1.54) is 32.9 Å². The number of carbonyl (C=O) groups is 1. The largest absolute Gasteiger partial charge is 0.523 e. The molecule has 0 aliphatic rings. The zero-order valence-corrected chi connectivity index (χ0v) is 12.3. The second kappa shape index (κ2) is 11.7. The standard InChI is InChI=1S/C7H17N.C4H10O2Si/c1-4-6-8(3)7-5-2;1-4(5)6-7(2)3/h4-7H2,1-3H3;7H,1-3H3. The van der Waals surface area contributed by atoms with Crippen molar-refractivity contribution in [2.45, 2.75) is 46.7 Å². The van der Waals surface area contributed by atoms with E-state index in [4.69, 9.17) is 4.43 Å². The molecule has 0 spiro atoms. The molecule has 0 heterocycles. The number of hydrogen-bond acceptors (Lipinski definition) is 3. The molecule has 0 unspecified atom stereocenters. The molecule has 0 radical (unpaired) electrons. The highest BCUT2D eigenvalue weighted by atomic mass is 28.3. The lowest BCUT2D eigenvalue weighted by atomic mass is 10.4. The van der Waals surface area contributed by atoms with Crippen LogP contribution < -0.4 is 0 Å². The van der Waals surface area contributed by atoms with Gasteiger partial charge in [-0.1, -0.05) is 13.8 Å². The van der Waals surface area contributed by atoms with E-state index in [0.717, 1.165) is 0 Å². The summed E-state index contributed by atoms with van der Waals surface area (Å²) < 4.78 is 4.75. The molecule has 0 amide bonds. The first-order valence-corrected chi connectivity index (χ1v) is 8.57. The number of rotatable bonds is 5. The van der Waals surface area contributed by atoms with Gasteiger partial charge in [0.05, 0.1) is 0 Å². The van der Waals surface area contributed by atoms with Gasteiger partial charge in [-0.2, -0.15) is 0 Å². The average molecular weight is 233 g/mol. The second-order valence-electron chi connectivity index (χ2n) is 3.96. The van der Waals surface area contributed by atoms with Crippen LogP contribution in [0.15, 0.2) is 0 Å². The molecule has 0 aromatic carbocycles. The molecule has 0 rings (SSSR count). The van der Waals surface area contributed by atoms with Gasteiger partial charge in [0.2, 0.25) is 9.04 Å². The van der Waals surface area contributed by atoms with Crippen LogP contribution in [0, 0.1) is 0 Å². The Morgan fingerprint density at radius 3 is 1.73 bits per heavy atom. The number of hydrogen-bond donors (Lipinski definition) is 0. The highest BCUT2D eigenvalue weighted by Crippen LogP contribution is 1.87. The molecular weight excluding hydrogens is 206 g/mol. The lowest BCUT2D eigenvalue weighted by molar-refractivity contribution is -0.132. The lowest BCUT2D eigenvalue weighted by Crippen LogP contribution is -2.19. The van der Waals surface area contributed by atoms with Gasteiger partial charge in [-0.05, 0) is 46.1 Å². The predicted molar refractivity (Wildman–Crippen MR) is 68.7 cm³/mol. The summed E-state index contributed by atoms with van der Waals surface area (Å²) >= 11 is 0. The minimum absolute atomic E-state index is 0.151. The topological polar surface area (TPSA) is 29.5 Å². The van der Waals surface area contributed by atoms with Crippen molar-refractivity contribution in [1.82, 2.24) is 4.90 Å². The zero-order valence-electron chi connectivity index (χ0n) is 11.2. The molecule has 0 aliphatic heterocycles. The molecule has 0 N–H and O–H groups in total. The molecule has 0 atom stereocenters. The van der Waals surface area contributed by atoms with Crippen molar-refractivity contribution in [3.05, 3.63) is 0 Å². The third-order valence-electron chi connectivity index (χ3n) is 1.61. The van der Waals surface area contributed by atoms with E-state index in [-0.39, 0.29) is 5.97 Å². The molecule has 0 fully saturated rings. The molecule has 0 aromatic rings. The van der Waals surface area contributed by atoms with Crippen LogP contribution in [-0.4, -0.2) is 40.0 Å². The first-order valence-electron chi connectivity index (χ1n) is 5.79. The van der Waals surface area contributed by atoms with Crippen LogP contribution in [0.1, 0.15) is 33.6 Å². The minimum atomic E-state index is -1.08. The Labute approximate surface area is 96.5 Å². The van der Waals surface area contributed by atoms with E-state index in [9.17, 15) is 4.79 Å². The van der Waals surface area contributed by atoms with Gasteiger partial charge < -0.3 is 9.33 Å². The Morgan fingerprint density at radius 1 is 1.20 bits per heavy atom. The normalized spacial score (nSPS) is 9.87. The van der Waals surface area contributed by atoms with Crippen LogP contribution >= 0.6 is 0 Å². The van der Waals surface area contributed by atoms with Gasteiger partial charge in [0, 0.05) is 6.92 Å². The Hall–Kier alpha value is -0.353. The number of carbonyl (C=O) groups excluding carboxylic acids is 1. The van der Waals surface area contributed by atoms with Gasteiger partial charge in [-0.25, -0.2) is 0 Å². The predicted octanol–water partition coefficient (Wildman–Crippen LogP) is 2.27. The van der Waals surface area contributed by atoms with Gasteiger partial charge in [0.25, 0.3) is 5.97 Å². The van der Waals surface area contributed by atoms with E-state index in [1.54, 1.807) is 0 Å². The van der Waals surface area contributed by atoms with Gasteiger partial charge >= 0.3 is 0 Å². The maximum Gasteiger partial charge on any atom is 0.289 e. The molecule has 92 valence electrons. The summed E-state index contributed by atoms with van der Waals surface area (Å²) in [7, 11) is 1.10. The SMILES string of the molecule is CC(=O)O[SiH](C)C.CCCN(C)CCC. The molecular formula is C11H27NO2Si. The van der Waals surface area contributed by atoms with Crippen molar-refractivity contribution in [2.75, 3.05) is 20.1 Å². The fourth-order valence-electron chi connectivity index (χ4n) is 1.21. The van der Waals surface area contributed by atoms with Crippen LogP contribution in [0.4, 0.5) is 0 Å². The fraction of sp³-hybridized carbons (Fsp3) is 0.909. The van der Waals surface area contributed by atoms with Gasteiger partial charge in [0.1, 0.15) is 0 Å². The third-order valence-corrected chi connectivity index (χ3v) is 2.42. The monoisotopic (exact) mass is 233 g/mol. The van der Waals surface area contributed by atoms with Crippen LogP contribution in [0.5, 0.6) is 0 Å². The van der Waals surface area contributed by atoms with Crippen LogP contribution in [0.3, 0.4) is 0 Å².